The number of carbonyl (C=O) groups is 2. The Morgan fingerprint density at radius 3 is 1.82 bits per heavy atom. The van der Waals surface area contributed by atoms with Gasteiger partial charge in [-0.1, -0.05) is 0 Å². The molecule has 0 aliphatic rings. The van der Waals surface area contributed by atoms with Gasteiger partial charge in [0.25, 0.3) is 0 Å². The molecule has 0 aromatic heterocycles. The molecule has 0 saturated carbocycles. The van der Waals surface area contributed by atoms with Crippen LogP contribution in [0.15, 0.2) is 17.0 Å². The van der Waals surface area contributed by atoms with Crippen molar-refractivity contribution in [1.29, 1.82) is 0 Å². The fourth-order valence-corrected chi connectivity index (χ4v) is 2.35. The van der Waals surface area contributed by atoms with Crippen LogP contribution in [0.3, 0.4) is 0 Å². The van der Waals surface area contributed by atoms with E-state index in [-0.39, 0.29) is 9.80 Å². The second-order valence-electron chi connectivity index (χ2n) is 3.20. The van der Waals surface area contributed by atoms with Crippen molar-refractivity contribution in [3.05, 3.63) is 23.3 Å². The summed E-state index contributed by atoms with van der Waals surface area (Å²) in [6.07, 6.45) is 0. The molecule has 0 aliphatic heterocycles. The Morgan fingerprint density at radius 1 is 1.06 bits per heavy atom. The molecule has 7 nitrogen and oxygen atoms in total. The van der Waals surface area contributed by atoms with Crippen molar-refractivity contribution in [2.45, 2.75) is 4.90 Å². The normalized spacial score (nSPS) is 11.2. The van der Waals surface area contributed by atoms with Crippen LogP contribution >= 0.6 is 0 Å². The van der Waals surface area contributed by atoms with E-state index in [1.807, 2.05) is 0 Å². The molecule has 0 fully saturated rings. The predicted octanol–water partition coefficient (Wildman–Crippen LogP) is -0.876. The quantitative estimate of drug-likeness (QED) is 0.470. The zero-order chi connectivity index (χ0) is 13.4. The number of carboxylic acids is 2. The summed E-state index contributed by atoms with van der Waals surface area (Å²) in [7, 11) is -4.81. The molecule has 9 heteroatoms. The van der Waals surface area contributed by atoms with E-state index in [2.05, 4.69) is 0 Å². The molecule has 0 heterocycles. The second-order valence-corrected chi connectivity index (χ2v) is 4.56. The molecule has 17 heavy (non-hydrogen) atoms. The molecule has 0 bridgehead atoms. The van der Waals surface area contributed by atoms with Crippen LogP contribution < -0.4 is 4.24 Å². The van der Waals surface area contributed by atoms with Gasteiger partial charge in [0.15, 0.2) is 0 Å². The van der Waals surface area contributed by atoms with E-state index in [1.165, 1.54) is 0 Å². The predicted molar refractivity (Wildman–Crippen MR) is 55.6 cm³/mol. The summed E-state index contributed by atoms with van der Waals surface area (Å²) < 4.78 is 30.7. The molecule has 86 valence electrons. The van der Waals surface area contributed by atoms with Crippen molar-refractivity contribution in [2.24, 2.45) is 0 Å². The number of carboxylic acid groups (broad SMARTS) is 2. The van der Waals surface area contributed by atoms with Crippen LogP contribution in [-0.2, 0) is 10.1 Å². The van der Waals surface area contributed by atoms with E-state index in [9.17, 15) is 18.0 Å². The molecule has 0 unspecified atom stereocenters. The maximum atomic E-state index is 11.1. The summed E-state index contributed by atoms with van der Waals surface area (Å²) in [5, 5.41) is 17.5. The van der Waals surface area contributed by atoms with Crippen LogP contribution in [0.2, 0.25) is 0 Å². The van der Waals surface area contributed by atoms with Gasteiger partial charge >= 0.3 is 105 Å². The molecule has 0 aliphatic carbocycles. The number of rotatable bonds is 3. The number of hydrogen-bond donors (Lipinski definition) is 3. The molecule has 0 saturated heterocycles. The molecular formula is C8H5LiO7S. The van der Waals surface area contributed by atoms with E-state index >= 15 is 0 Å². The van der Waals surface area contributed by atoms with Gasteiger partial charge in [0.05, 0.1) is 0 Å². The van der Waals surface area contributed by atoms with E-state index in [4.69, 9.17) is 14.8 Å². The Balaban J connectivity index is 3.78. The number of aromatic carboxylic acids is 2. The summed E-state index contributed by atoms with van der Waals surface area (Å²) >= 11 is 1.11. The Labute approximate surface area is 105 Å². The molecule has 1 aromatic rings. The first kappa shape index (κ1) is 13.7. The van der Waals surface area contributed by atoms with Crippen molar-refractivity contribution in [3.63, 3.8) is 0 Å². The van der Waals surface area contributed by atoms with Gasteiger partial charge in [-0.15, -0.1) is 0 Å². The van der Waals surface area contributed by atoms with Gasteiger partial charge in [-0.3, -0.25) is 0 Å². The average molecular weight is 252 g/mol. The van der Waals surface area contributed by atoms with Gasteiger partial charge in [-0.25, -0.2) is 0 Å². The van der Waals surface area contributed by atoms with Gasteiger partial charge in [-0.05, 0) is 0 Å². The van der Waals surface area contributed by atoms with Gasteiger partial charge in [-0.2, -0.15) is 0 Å². The third kappa shape index (κ3) is 2.67. The molecular weight excluding hydrogens is 247 g/mol. The molecule has 0 spiro atoms. The molecule has 0 radical (unpaired) electrons. The first-order valence-electron chi connectivity index (χ1n) is 4.24. The summed E-state index contributed by atoms with van der Waals surface area (Å²) in [4.78, 5) is 20.6. The fraction of sp³-hybridized carbons (Fsp3) is 0. The maximum absolute atomic E-state index is 11.1. The van der Waals surface area contributed by atoms with Crippen molar-refractivity contribution in [2.75, 3.05) is 0 Å². The van der Waals surface area contributed by atoms with Crippen LogP contribution in [0, 0.1) is 0 Å². The number of benzene rings is 1. The summed E-state index contributed by atoms with van der Waals surface area (Å²) in [6.45, 7) is 0. The zero-order valence-corrected chi connectivity index (χ0v) is 9.35. The first-order chi connectivity index (χ1) is 7.66. The van der Waals surface area contributed by atoms with Crippen LogP contribution in [0.25, 0.3) is 0 Å². The molecule has 1 aromatic carbocycles. The van der Waals surface area contributed by atoms with Crippen LogP contribution in [0.4, 0.5) is 0 Å². The van der Waals surface area contributed by atoms with Crippen LogP contribution in [0.1, 0.15) is 20.7 Å². The second kappa shape index (κ2) is 4.50. The van der Waals surface area contributed by atoms with E-state index < -0.39 is 32.5 Å². The van der Waals surface area contributed by atoms with E-state index in [1.54, 1.807) is 0 Å². The number of hydrogen-bond acceptors (Lipinski definition) is 4. The minimum absolute atomic E-state index is 0.320. The summed E-state index contributed by atoms with van der Waals surface area (Å²) in [5.41, 5.74) is -1.06. The third-order valence-electron chi connectivity index (χ3n) is 2.12. The fourth-order valence-electron chi connectivity index (χ4n) is 1.42. The first-order valence-corrected chi connectivity index (χ1v) is 5.68. The zero-order valence-electron chi connectivity index (χ0n) is 8.54. The van der Waals surface area contributed by atoms with E-state index in [0.29, 0.717) is 0 Å². The van der Waals surface area contributed by atoms with Crippen LogP contribution in [-0.4, -0.2) is 52.8 Å². The van der Waals surface area contributed by atoms with Crippen LogP contribution in [0.5, 0.6) is 0 Å². The average Bonchev–Trinajstić information content (AvgIpc) is 2.14. The Kier molecular flexibility index (Phi) is 3.64. The third-order valence-corrected chi connectivity index (χ3v) is 3.17. The van der Waals surface area contributed by atoms with Crippen molar-refractivity contribution < 1.29 is 32.8 Å². The molecule has 0 amide bonds. The molecule has 1 rings (SSSR count). The topological polar surface area (TPSA) is 129 Å². The van der Waals surface area contributed by atoms with Gasteiger partial charge in [0.2, 0.25) is 0 Å². The minimum atomic E-state index is -4.81. The van der Waals surface area contributed by atoms with Crippen molar-refractivity contribution >= 4 is 44.0 Å². The van der Waals surface area contributed by atoms with Gasteiger partial charge in [0, 0.05) is 0 Å². The SMILES string of the molecule is [Li][c]1c(C(=O)O)ccc(C(=O)O)c1S(=O)(=O)O. The Bertz CT molecular complexity index is 605. The molecule has 3 N–H and O–H groups in total. The standard InChI is InChI=1S/C8H5O7S.Li/c9-7(10)4-1-2-5(8(11)12)6(3-4)16(13,14)15;/h1-2H,(H,9,10)(H,11,12)(H,13,14,15);. The van der Waals surface area contributed by atoms with Gasteiger partial charge in [0.1, 0.15) is 0 Å². The van der Waals surface area contributed by atoms with Crippen molar-refractivity contribution in [1.82, 2.24) is 0 Å². The summed E-state index contributed by atoms with van der Waals surface area (Å²) in [6, 6.07) is 1.79. The Hall–Kier alpha value is -1.33. The van der Waals surface area contributed by atoms with Crippen molar-refractivity contribution in [3.8, 4) is 0 Å². The molecule has 0 atom stereocenters. The summed E-state index contributed by atoms with van der Waals surface area (Å²) in [5.74, 6) is -2.98. The Morgan fingerprint density at radius 2 is 1.47 bits per heavy atom. The van der Waals surface area contributed by atoms with Gasteiger partial charge < -0.3 is 0 Å². The van der Waals surface area contributed by atoms with E-state index in [0.717, 1.165) is 29.8 Å². The monoisotopic (exact) mass is 252 g/mol.